The van der Waals surface area contributed by atoms with Crippen LogP contribution in [-0.2, 0) is 21.8 Å². The van der Waals surface area contributed by atoms with E-state index in [2.05, 4.69) is 5.32 Å². The van der Waals surface area contributed by atoms with Crippen molar-refractivity contribution in [3.63, 3.8) is 0 Å². The summed E-state index contributed by atoms with van der Waals surface area (Å²) in [6.07, 6.45) is -3.88. The van der Waals surface area contributed by atoms with Gasteiger partial charge in [0.15, 0.2) is 15.6 Å². The predicted octanol–water partition coefficient (Wildman–Crippen LogP) is 6.42. The second kappa shape index (κ2) is 10.0. The van der Waals surface area contributed by atoms with Crippen LogP contribution in [0.5, 0.6) is 0 Å². The van der Waals surface area contributed by atoms with Gasteiger partial charge in [-0.1, -0.05) is 32.0 Å². The van der Waals surface area contributed by atoms with E-state index in [9.17, 15) is 26.4 Å². The van der Waals surface area contributed by atoms with Crippen LogP contribution >= 0.6 is 11.8 Å². The summed E-state index contributed by atoms with van der Waals surface area (Å²) in [5, 5.41) is 2.36. The van der Waals surface area contributed by atoms with Gasteiger partial charge in [0.1, 0.15) is 11.5 Å². The number of sulfone groups is 1. The van der Waals surface area contributed by atoms with E-state index < -0.39 is 38.9 Å². The molecule has 10 heteroatoms. The van der Waals surface area contributed by atoms with Crippen LogP contribution in [0.25, 0.3) is 0 Å². The van der Waals surface area contributed by atoms with Crippen LogP contribution in [0.3, 0.4) is 0 Å². The lowest BCUT2D eigenvalue weighted by atomic mass is 10.1. The third kappa shape index (κ3) is 6.42. The molecular formula is C23H22F3NO4S2. The molecule has 0 spiro atoms. The highest BCUT2D eigenvalue weighted by Crippen LogP contribution is 2.38. The number of benzene rings is 2. The molecule has 0 fully saturated rings. The lowest BCUT2D eigenvalue weighted by Crippen LogP contribution is -2.16. The van der Waals surface area contributed by atoms with Gasteiger partial charge in [0.25, 0.3) is 5.91 Å². The van der Waals surface area contributed by atoms with Gasteiger partial charge in [-0.3, -0.25) is 4.79 Å². The summed E-state index contributed by atoms with van der Waals surface area (Å²) in [6.45, 7) is 3.86. The first kappa shape index (κ1) is 24.9. The maximum atomic E-state index is 13.6. The van der Waals surface area contributed by atoms with Crippen LogP contribution < -0.4 is 5.32 Å². The van der Waals surface area contributed by atoms with Crippen molar-refractivity contribution in [3.05, 3.63) is 77.7 Å². The molecule has 1 heterocycles. The van der Waals surface area contributed by atoms with Crippen LogP contribution in [0, 0.1) is 0 Å². The Balaban J connectivity index is 1.78. The molecule has 1 aromatic heterocycles. The number of amides is 1. The Labute approximate surface area is 194 Å². The Morgan fingerprint density at radius 2 is 1.79 bits per heavy atom. The predicted molar refractivity (Wildman–Crippen MR) is 121 cm³/mol. The first-order valence-corrected chi connectivity index (χ1v) is 12.6. The molecule has 0 saturated heterocycles. The summed E-state index contributed by atoms with van der Waals surface area (Å²) >= 11 is 1.32. The summed E-state index contributed by atoms with van der Waals surface area (Å²) in [5.41, 5.74) is -1.38. The van der Waals surface area contributed by atoms with Gasteiger partial charge in [0.2, 0.25) is 0 Å². The standard InChI is InChI=1S/C23H22F3NO4S2/c1-3-15(2)32-17-10-11-20(19(13-17)23(24,25)26)27-22(28)21-12-9-16(31-21)14-33(29,30)18-7-5-4-6-8-18/h4-13,15H,3,14H2,1-2H3,(H,27,28). The highest BCUT2D eigenvalue weighted by atomic mass is 32.2. The highest BCUT2D eigenvalue weighted by Gasteiger charge is 2.34. The number of furan rings is 1. The van der Waals surface area contributed by atoms with Crippen molar-refractivity contribution in [1.29, 1.82) is 0 Å². The molecule has 5 nitrogen and oxygen atoms in total. The molecule has 1 N–H and O–H groups in total. The Morgan fingerprint density at radius 3 is 2.42 bits per heavy atom. The van der Waals surface area contributed by atoms with Gasteiger partial charge in [-0.2, -0.15) is 13.2 Å². The monoisotopic (exact) mass is 497 g/mol. The van der Waals surface area contributed by atoms with Gasteiger partial charge < -0.3 is 9.73 Å². The molecule has 3 aromatic rings. The first-order valence-electron chi connectivity index (χ1n) is 10.1. The number of alkyl halides is 3. The average Bonchev–Trinajstić information content (AvgIpc) is 3.22. The number of carbonyl (C=O) groups is 1. The van der Waals surface area contributed by atoms with Crippen molar-refractivity contribution in [3.8, 4) is 0 Å². The molecule has 1 amide bonds. The van der Waals surface area contributed by atoms with Crippen molar-refractivity contribution >= 4 is 33.2 Å². The zero-order valence-electron chi connectivity index (χ0n) is 17.8. The molecule has 0 saturated carbocycles. The maximum Gasteiger partial charge on any atom is 0.418 e. The van der Waals surface area contributed by atoms with Crippen LogP contribution in [0.2, 0.25) is 0 Å². The minimum atomic E-state index is -4.67. The summed E-state index contributed by atoms with van der Waals surface area (Å²) < 4.78 is 71.1. The first-order chi connectivity index (χ1) is 15.5. The van der Waals surface area contributed by atoms with E-state index in [4.69, 9.17) is 4.42 Å². The summed E-state index contributed by atoms with van der Waals surface area (Å²) in [6, 6.07) is 14.0. The van der Waals surface area contributed by atoms with Gasteiger partial charge in [-0.05, 0) is 48.9 Å². The number of carbonyl (C=O) groups excluding carboxylic acids is 1. The molecule has 0 radical (unpaired) electrons. The van der Waals surface area contributed by atoms with Gasteiger partial charge in [-0.25, -0.2) is 8.42 Å². The number of nitrogens with one attached hydrogen (secondary N) is 1. The zero-order valence-corrected chi connectivity index (χ0v) is 19.5. The van der Waals surface area contributed by atoms with Gasteiger partial charge in [-0.15, -0.1) is 11.8 Å². The van der Waals surface area contributed by atoms with E-state index in [0.717, 1.165) is 12.5 Å². The fraction of sp³-hybridized carbons (Fsp3) is 0.261. The van der Waals surface area contributed by atoms with Gasteiger partial charge in [0.05, 0.1) is 16.1 Å². The minimum absolute atomic E-state index is 0.000323. The number of hydrogen-bond acceptors (Lipinski definition) is 5. The SMILES string of the molecule is CCC(C)Sc1ccc(NC(=O)c2ccc(CS(=O)(=O)c3ccccc3)o2)c(C(F)(F)F)c1. The minimum Gasteiger partial charge on any atom is -0.455 e. The second-order valence-electron chi connectivity index (χ2n) is 7.33. The lowest BCUT2D eigenvalue weighted by molar-refractivity contribution is -0.137. The average molecular weight is 498 g/mol. The van der Waals surface area contributed by atoms with E-state index in [1.807, 2.05) is 13.8 Å². The molecule has 0 aliphatic rings. The molecule has 176 valence electrons. The highest BCUT2D eigenvalue weighted by molar-refractivity contribution is 8.00. The van der Waals surface area contributed by atoms with E-state index in [1.54, 1.807) is 18.2 Å². The largest absolute Gasteiger partial charge is 0.455 e. The number of anilines is 1. The van der Waals surface area contributed by atoms with Gasteiger partial charge in [0, 0.05) is 10.1 Å². The third-order valence-corrected chi connectivity index (χ3v) is 7.69. The Hall–Kier alpha value is -2.72. The number of halogens is 3. The molecule has 33 heavy (non-hydrogen) atoms. The topological polar surface area (TPSA) is 76.4 Å². The normalized spacial score (nSPS) is 13.0. The molecule has 0 bridgehead atoms. The molecule has 0 aliphatic heterocycles. The third-order valence-electron chi connectivity index (χ3n) is 4.78. The van der Waals surface area contributed by atoms with Crippen molar-refractivity contribution in [1.82, 2.24) is 0 Å². The van der Waals surface area contributed by atoms with Crippen LogP contribution in [0.1, 0.15) is 42.1 Å². The van der Waals surface area contributed by atoms with Crippen molar-refractivity contribution in [2.24, 2.45) is 0 Å². The summed E-state index contributed by atoms with van der Waals surface area (Å²) in [4.78, 5) is 13.1. The van der Waals surface area contributed by atoms with Crippen molar-refractivity contribution in [2.45, 2.75) is 47.2 Å². The summed E-state index contributed by atoms with van der Waals surface area (Å²) in [7, 11) is -3.70. The quantitative estimate of drug-likeness (QED) is 0.364. The Morgan fingerprint density at radius 1 is 1.09 bits per heavy atom. The molecule has 2 aromatic carbocycles. The van der Waals surface area contributed by atoms with Crippen molar-refractivity contribution in [2.75, 3.05) is 5.32 Å². The van der Waals surface area contributed by atoms with Crippen molar-refractivity contribution < 1.29 is 30.8 Å². The Kier molecular flexibility index (Phi) is 7.58. The zero-order chi connectivity index (χ0) is 24.2. The number of rotatable bonds is 8. The summed E-state index contributed by atoms with van der Waals surface area (Å²) in [5.74, 6) is -1.69. The van der Waals surface area contributed by atoms with Crippen LogP contribution in [-0.4, -0.2) is 19.6 Å². The second-order valence-corrected chi connectivity index (χ2v) is 10.8. The number of thioether (sulfide) groups is 1. The molecule has 0 aliphatic carbocycles. The van der Waals surface area contributed by atoms with E-state index in [0.29, 0.717) is 4.90 Å². The smallest absolute Gasteiger partial charge is 0.418 e. The fourth-order valence-corrected chi connectivity index (χ4v) is 5.15. The molecule has 1 atom stereocenters. The van der Waals surface area contributed by atoms with E-state index >= 15 is 0 Å². The van der Waals surface area contributed by atoms with Gasteiger partial charge >= 0.3 is 6.18 Å². The number of hydrogen-bond donors (Lipinski definition) is 1. The maximum absolute atomic E-state index is 13.6. The van der Waals surface area contributed by atoms with E-state index in [1.165, 1.54) is 48.2 Å². The molecular weight excluding hydrogens is 475 g/mol. The Bertz CT molecular complexity index is 1220. The molecule has 1 unspecified atom stereocenters. The van der Waals surface area contributed by atoms with E-state index in [-0.39, 0.29) is 21.7 Å². The van der Waals surface area contributed by atoms with Crippen LogP contribution in [0.4, 0.5) is 18.9 Å². The molecule has 3 rings (SSSR count). The fourth-order valence-electron chi connectivity index (χ4n) is 2.92. The lowest BCUT2D eigenvalue weighted by Gasteiger charge is -2.16. The van der Waals surface area contributed by atoms with Crippen LogP contribution in [0.15, 0.2) is 74.9 Å².